The first kappa shape index (κ1) is 30.8. The van der Waals surface area contributed by atoms with Crippen LogP contribution >= 0.6 is 11.3 Å². The number of fused-ring (bicyclic) bond motifs is 1. The summed E-state index contributed by atoms with van der Waals surface area (Å²) in [7, 11) is 1.26. The topological polar surface area (TPSA) is 124 Å². The number of ether oxygens (including phenoxy) is 4. The molecule has 1 saturated heterocycles. The van der Waals surface area contributed by atoms with Gasteiger partial charge in [-0.2, -0.15) is 0 Å². The van der Waals surface area contributed by atoms with E-state index in [-0.39, 0.29) is 27.4 Å². The number of ketones is 1. The lowest BCUT2D eigenvalue weighted by molar-refractivity contribution is -0.132. The highest BCUT2D eigenvalue weighted by atomic mass is 32.1. The Kier molecular flexibility index (Phi) is 8.50. The van der Waals surface area contributed by atoms with Crippen molar-refractivity contribution in [2.24, 2.45) is 0 Å². The van der Waals surface area contributed by atoms with Crippen LogP contribution in [0.5, 0.6) is 17.2 Å². The quantitative estimate of drug-likeness (QED) is 0.0991. The number of carbonyl (C=O) groups is 3. The molecule has 2 unspecified atom stereocenters. The average Bonchev–Trinajstić information content (AvgIpc) is 3.71. The number of nitrogens with zero attached hydrogens (tertiary/aromatic N) is 2. The number of rotatable bonds is 9. The largest absolute Gasteiger partial charge is 0.507 e. The number of aryl methyl sites for hydroxylation is 1. The van der Waals surface area contributed by atoms with Gasteiger partial charge in [0, 0.05) is 12.0 Å². The Hall–Kier alpha value is -5.16. The number of carbonyl (C=O) groups excluding carboxylic acids is 3. The molecule has 10 nitrogen and oxygen atoms in total. The van der Waals surface area contributed by atoms with Crippen LogP contribution in [0.2, 0.25) is 0 Å². The Morgan fingerprint density at radius 3 is 2.59 bits per heavy atom. The number of methoxy groups -OCH3 is 1. The average molecular weight is 641 g/mol. The standard InChI is InChI=1S/C35H32N2O8S/c1-5-43-27-17-22(11-14-26(27)44-18-21-9-7-6-8-10-21)29-28(30(38)23-12-13-25-24(16-23)15-19(2)45-25)31(39)33(40)37(29)35-36-20(3)32(46-35)34(41)42-4/h6-14,16-17,19,29,38H,5,15,18H2,1-4H3. The van der Waals surface area contributed by atoms with Gasteiger partial charge in [0.1, 0.15) is 29.1 Å². The molecular weight excluding hydrogens is 608 g/mol. The molecule has 0 bridgehead atoms. The van der Waals surface area contributed by atoms with Crippen LogP contribution in [-0.2, 0) is 27.4 Å². The van der Waals surface area contributed by atoms with Crippen molar-refractivity contribution >= 4 is 39.9 Å². The minimum absolute atomic E-state index is 0.0188. The fourth-order valence-electron chi connectivity index (χ4n) is 5.65. The summed E-state index contributed by atoms with van der Waals surface area (Å²) in [6, 6.07) is 18.9. The number of aliphatic hydroxyl groups is 1. The molecule has 11 heteroatoms. The van der Waals surface area contributed by atoms with Gasteiger partial charge in [-0.05, 0) is 67.8 Å². The first-order valence-corrected chi connectivity index (χ1v) is 15.6. The third kappa shape index (κ3) is 5.69. The smallest absolute Gasteiger partial charge is 0.350 e. The van der Waals surface area contributed by atoms with Crippen LogP contribution in [-0.4, -0.2) is 47.6 Å². The monoisotopic (exact) mass is 640 g/mol. The van der Waals surface area contributed by atoms with Gasteiger partial charge in [0.2, 0.25) is 0 Å². The van der Waals surface area contributed by atoms with Gasteiger partial charge in [0.15, 0.2) is 16.6 Å². The molecule has 0 aliphatic carbocycles. The van der Waals surface area contributed by atoms with E-state index in [4.69, 9.17) is 18.9 Å². The fraction of sp³-hybridized carbons (Fsp3) is 0.257. The zero-order valence-electron chi connectivity index (χ0n) is 25.7. The number of aliphatic hydroxyl groups excluding tert-OH is 1. The molecule has 2 aliphatic heterocycles. The van der Waals surface area contributed by atoms with Crippen molar-refractivity contribution in [2.75, 3.05) is 18.6 Å². The first-order chi connectivity index (χ1) is 22.2. The van der Waals surface area contributed by atoms with Crippen molar-refractivity contribution in [3.63, 3.8) is 0 Å². The summed E-state index contributed by atoms with van der Waals surface area (Å²) in [5.41, 5.74) is 2.93. The Bertz CT molecular complexity index is 1870. The number of hydrogen-bond acceptors (Lipinski definition) is 10. The molecule has 0 saturated carbocycles. The van der Waals surface area contributed by atoms with Crippen LogP contribution in [0.4, 0.5) is 5.13 Å². The molecule has 236 valence electrons. The van der Waals surface area contributed by atoms with Gasteiger partial charge in [-0.25, -0.2) is 9.78 Å². The van der Waals surface area contributed by atoms with Crippen LogP contribution in [0, 0.1) is 6.92 Å². The maximum Gasteiger partial charge on any atom is 0.350 e. The summed E-state index contributed by atoms with van der Waals surface area (Å²) in [5, 5.41) is 11.8. The van der Waals surface area contributed by atoms with Crippen molar-refractivity contribution in [2.45, 2.75) is 45.9 Å². The molecule has 1 amide bonds. The van der Waals surface area contributed by atoms with Gasteiger partial charge < -0.3 is 24.1 Å². The molecule has 46 heavy (non-hydrogen) atoms. The summed E-state index contributed by atoms with van der Waals surface area (Å²) < 4.78 is 22.7. The Morgan fingerprint density at radius 2 is 1.85 bits per heavy atom. The molecule has 1 aromatic heterocycles. The molecule has 1 fully saturated rings. The number of esters is 1. The number of aromatic nitrogens is 1. The lowest BCUT2D eigenvalue weighted by atomic mass is 9.94. The summed E-state index contributed by atoms with van der Waals surface area (Å²) in [6.07, 6.45) is 0.625. The maximum atomic E-state index is 13.8. The Balaban J connectivity index is 1.48. The maximum absolute atomic E-state index is 13.8. The molecule has 2 atom stereocenters. The second-order valence-corrected chi connectivity index (χ2v) is 11.9. The van der Waals surface area contributed by atoms with Crippen molar-refractivity contribution in [1.29, 1.82) is 0 Å². The number of thiazole rings is 1. The van der Waals surface area contributed by atoms with E-state index in [2.05, 4.69) is 4.98 Å². The molecule has 6 rings (SSSR count). The predicted octanol–water partition coefficient (Wildman–Crippen LogP) is 6.17. The van der Waals surface area contributed by atoms with E-state index in [0.29, 0.717) is 53.7 Å². The van der Waals surface area contributed by atoms with E-state index >= 15 is 0 Å². The van der Waals surface area contributed by atoms with Gasteiger partial charge >= 0.3 is 11.9 Å². The van der Waals surface area contributed by atoms with Crippen molar-refractivity contribution in [1.82, 2.24) is 4.98 Å². The number of benzene rings is 3. The summed E-state index contributed by atoms with van der Waals surface area (Å²) in [5.74, 6) is -1.14. The SMILES string of the molecule is CCOc1cc(C2C(=C(O)c3ccc4c(c3)CC(C)O4)C(=O)C(=O)N2c2nc(C)c(C(=O)OC)s2)ccc1OCc1ccccc1. The van der Waals surface area contributed by atoms with E-state index in [9.17, 15) is 19.5 Å². The van der Waals surface area contributed by atoms with Gasteiger partial charge in [0.25, 0.3) is 5.78 Å². The van der Waals surface area contributed by atoms with E-state index in [1.54, 1.807) is 43.3 Å². The van der Waals surface area contributed by atoms with Crippen LogP contribution < -0.4 is 19.1 Å². The summed E-state index contributed by atoms with van der Waals surface area (Å²) >= 11 is 0.934. The first-order valence-electron chi connectivity index (χ1n) is 14.8. The Labute approximate surface area is 269 Å². The number of hydrogen-bond donors (Lipinski definition) is 1. The molecule has 1 N–H and O–H groups in total. The zero-order chi connectivity index (χ0) is 32.5. The van der Waals surface area contributed by atoms with E-state index in [1.807, 2.05) is 44.2 Å². The predicted molar refractivity (Wildman–Crippen MR) is 172 cm³/mol. The molecule has 4 aromatic rings. The highest BCUT2D eigenvalue weighted by Gasteiger charge is 2.49. The van der Waals surface area contributed by atoms with Crippen LogP contribution in [0.1, 0.15) is 57.5 Å². The van der Waals surface area contributed by atoms with Crippen LogP contribution in [0.25, 0.3) is 5.76 Å². The summed E-state index contributed by atoms with van der Waals surface area (Å²) in [6.45, 7) is 6.04. The highest BCUT2D eigenvalue weighted by Crippen LogP contribution is 2.46. The minimum Gasteiger partial charge on any atom is -0.507 e. The normalized spacial score (nSPS) is 18.3. The molecule has 0 radical (unpaired) electrons. The molecular formula is C35H32N2O8S. The lowest BCUT2D eigenvalue weighted by Crippen LogP contribution is -2.29. The number of amides is 1. The minimum atomic E-state index is -1.10. The molecule has 3 heterocycles. The molecule has 3 aromatic carbocycles. The van der Waals surface area contributed by atoms with E-state index in [1.165, 1.54) is 12.0 Å². The second kappa shape index (κ2) is 12.7. The molecule has 0 spiro atoms. The lowest BCUT2D eigenvalue weighted by Gasteiger charge is -2.24. The van der Waals surface area contributed by atoms with Crippen LogP contribution in [0.15, 0.2) is 72.3 Å². The van der Waals surface area contributed by atoms with Crippen LogP contribution in [0.3, 0.4) is 0 Å². The third-order valence-electron chi connectivity index (χ3n) is 7.80. The van der Waals surface area contributed by atoms with Crippen molar-refractivity contribution < 1.29 is 38.4 Å². The number of Topliss-reactive ketones (excluding diaryl/α,β-unsaturated/α-hetero) is 1. The van der Waals surface area contributed by atoms with Crippen molar-refractivity contribution in [3.05, 3.63) is 105 Å². The van der Waals surface area contributed by atoms with E-state index < -0.39 is 23.7 Å². The third-order valence-corrected chi connectivity index (χ3v) is 8.93. The number of anilines is 1. The van der Waals surface area contributed by atoms with Gasteiger partial charge in [-0.15, -0.1) is 0 Å². The van der Waals surface area contributed by atoms with Gasteiger partial charge in [-0.3, -0.25) is 14.5 Å². The Morgan fingerprint density at radius 1 is 1.07 bits per heavy atom. The van der Waals surface area contributed by atoms with E-state index in [0.717, 1.165) is 22.5 Å². The zero-order valence-corrected chi connectivity index (χ0v) is 26.6. The second-order valence-electron chi connectivity index (χ2n) is 10.9. The van der Waals surface area contributed by atoms with Gasteiger partial charge in [0.05, 0.1) is 31.0 Å². The highest BCUT2D eigenvalue weighted by molar-refractivity contribution is 7.17. The summed E-state index contributed by atoms with van der Waals surface area (Å²) in [4.78, 5) is 45.9. The fourth-order valence-corrected chi connectivity index (χ4v) is 6.67. The van der Waals surface area contributed by atoms with Gasteiger partial charge in [-0.1, -0.05) is 47.7 Å². The van der Waals surface area contributed by atoms with Crippen molar-refractivity contribution in [3.8, 4) is 17.2 Å². The molecule has 2 aliphatic rings.